The van der Waals surface area contributed by atoms with Gasteiger partial charge < -0.3 is 19.1 Å². The maximum absolute atomic E-state index is 12.3. The first-order chi connectivity index (χ1) is 18.7. The highest BCUT2D eigenvalue weighted by molar-refractivity contribution is 5.96. The Morgan fingerprint density at radius 3 is 2.44 bits per heavy atom. The number of carboxylic acids is 1. The van der Waals surface area contributed by atoms with Crippen LogP contribution in [0.15, 0.2) is 35.3 Å². The van der Waals surface area contributed by atoms with Gasteiger partial charge in [0.25, 0.3) is 0 Å². The van der Waals surface area contributed by atoms with Crippen molar-refractivity contribution in [3.05, 3.63) is 46.2 Å². The van der Waals surface area contributed by atoms with E-state index in [-0.39, 0.29) is 11.5 Å². The molecule has 0 saturated carbocycles. The summed E-state index contributed by atoms with van der Waals surface area (Å²) in [6.45, 7) is 10.5. The minimum absolute atomic E-state index is 0.114. The first-order valence-corrected chi connectivity index (χ1v) is 14.0. The molecule has 1 aromatic carbocycles. The number of aromatic nitrogens is 3. The molecule has 9 heteroatoms. The second-order valence-corrected chi connectivity index (χ2v) is 10.4. The number of benzene rings is 1. The quantitative estimate of drug-likeness (QED) is 0.225. The van der Waals surface area contributed by atoms with Gasteiger partial charge in [0.2, 0.25) is 0 Å². The smallest absolute Gasteiger partial charge is 0.341 e. The van der Waals surface area contributed by atoms with E-state index in [0.717, 1.165) is 61.0 Å². The van der Waals surface area contributed by atoms with Gasteiger partial charge in [-0.25, -0.2) is 4.79 Å². The molecule has 3 heterocycles. The van der Waals surface area contributed by atoms with Crippen LogP contribution in [0.4, 0.5) is 0 Å². The van der Waals surface area contributed by atoms with Crippen LogP contribution in [-0.4, -0.2) is 44.6 Å². The number of aryl methyl sites for hydroxylation is 2. The van der Waals surface area contributed by atoms with Gasteiger partial charge in [0, 0.05) is 30.6 Å². The predicted molar refractivity (Wildman–Crippen MR) is 151 cm³/mol. The maximum Gasteiger partial charge on any atom is 0.341 e. The van der Waals surface area contributed by atoms with E-state index < -0.39 is 11.4 Å². The summed E-state index contributed by atoms with van der Waals surface area (Å²) in [6, 6.07) is 7.14. The molecule has 9 nitrogen and oxygen atoms in total. The van der Waals surface area contributed by atoms with Gasteiger partial charge >= 0.3 is 11.9 Å². The molecule has 1 N–H and O–H groups in total. The van der Waals surface area contributed by atoms with Gasteiger partial charge in [-0.1, -0.05) is 58.6 Å². The number of carbonyl (C=O) groups is 2. The van der Waals surface area contributed by atoms with Gasteiger partial charge in [-0.2, -0.15) is 5.10 Å². The minimum atomic E-state index is -1.22. The van der Waals surface area contributed by atoms with E-state index in [2.05, 4.69) is 20.8 Å². The molecule has 0 spiro atoms. The van der Waals surface area contributed by atoms with Gasteiger partial charge in [-0.15, -0.1) is 0 Å². The van der Waals surface area contributed by atoms with Gasteiger partial charge in [-0.3, -0.25) is 14.3 Å². The molecule has 1 aliphatic rings. The van der Waals surface area contributed by atoms with Crippen LogP contribution < -0.4 is 10.2 Å². The number of unbranched alkanes of at least 4 members (excludes halogenated alkanes) is 5. The summed E-state index contributed by atoms with van der Waals surface area (Å²) in [4.78, 5) is 35.0. The summed E-state index contributed by atoms with van der Waals surface area (Å²) in [5, 5.41) is 14.9. The lowest BCUT2D eigenvalue weighted by Gasteiger charge is -2.21. The van der Waals surface area contributed by atoms with E-state index in [4.69, 9.17) is 14.6 Å². The lowest BCUT2D eigenvalue weighted by molar-refractivity contribution is -0.143. The molecular weight excluding hydrogens is 498 g/mol. The monoisotopic (exact) mass is 539 g/mol. The van der Waals surface area contributed by atoms with E-state index >= 15 is 0 Å². The highest BCUT2D eigenvalue weighted by Crippen LogP contribution is 2.35. The van der Waals surface area contributed by atoms with E-state index in [1.165, 1.54) is 12.3 Å². The fourth-order valence-corrected chi connectivity index (χ4v) is 4.49. The van der Waals surface area contributed by atoms with Crippen LogP contribution in [0.3, 0.4) is 0 Å². The molecule has 0 atom stereocenters. The molecular formula is C30H41N3O6. The number of fused-ring (bicyclic) bond motifs is 5. The Morgan fingerprint density at radius 2 is 1.74 bits per heavy atom. The van der Waals surface area contributed by atoms with E-state index in [9.17, 15) is 19.5 Å². The topological polar surface area (TPSA) is 113 Å². The number of aromatic carboxylic acids is 1. The Balaban J connectivity index is 0.000000983. The lowest BCUT2D eigenvalue weighted by Crippen LogP contribution is -2.24. The van der Waals surface area contributed by atoms with Crippen LogP contribution in [0.2, 0.25) is 0 Å². The lowest BCUT2D eigenvalue weighted by atomic mass is 10.1. The largest absolute Gasteiger partial charge is 0.491 e. The first kappa shape index (κ1) is 29.9. The van der Waals surface area contributed by atoms with Crippen molar-refractivity contribution in [1.29, 1.82) is 0 Å². The number of hydrogen-bond acceptors (Lipinski definition) is 6. The Morgan fingerprint density at radius 1 is 1.05 bits per heavy atom. The third-order valence-corrected chi connectivity index (χ3v) is 6.22. The zero-order chi connectivity index (χ0) is 28.4. The standard InChI is InChI=1S/C26H31N3O6.C4H10/c1-2-34-23(31)12-7-5-3-4-6-8-15-35-22-11-9-10-18-24(22)27-29-14-13-28-17-19(26(32)33)21(30)16-20(28)25(18)29;1-4(2)3/h9-11,16-17H,2-8,12-15H2,1H3,(H,32,33);4H,1-3H3. The van der Waals surface area contributed by atoms with E-state index in [0.29, 0.717) is 44.2 Å². The van der Waals surface area contributed by atoms with Crippen molar-refractivity contribution < 1.29 is 24.2 Å². The molecule has 3 aromatic rings. The second-order valence-electron chi connectivity index (χ2n) is 10.4. The SMILES string of the molecule is CC(C)C.CCOC(=O)CCCCCCCCOc1cccc2c3n(nc12)CCn1cc(C(=O)O)c(=O)cc1-3. The molecule has 0 unspecified atom stereocenters. The second kappa shape index (κ2) is 14.5. The Bertz CT molecular complexity index is 1320. The minimum Gasteiger partial charge on any atom is -0.491 e. The van der Waals surface area contributed by atoms with Crippen LogP contribution >= 0.6 is 0 Å². The Labute approximate surface area is 229 Å². The number of nitrogens with zero attached hydrogens (tertiary/aromatic N) is 3. The summed E-state index contributed by atoms with van der Waals surface area (Å²) >= 11 is 0. The van der Waals surface area contributed by atoms with Crippen molar-refractivity contribution in [3.8, 4) is 17.1 Å². The van der Waals surface area contributed by atoms with Gasteiger partial charge in [0.05, 0.1) is 31.1 Å². The summed E-state index contributed by atoms with van der Waals surface area (Å²) in [7, 11) is 0. The van der Waals surface area contributed by atoms with E-state index in [1.807, 2.05) is 34.4 Å². The van der Waals surface area contributed by atoms with Crippen molar-refractivity contribution in [3.63, 3.8) is 0 Å². The fourth-order valence-electron chi connectivity index (χ4n) is 4.49. The average Bonchev–Trinajstić information content (AvgIpc) is 3.27. The summed E-state index contributed by atoms with van der Waals surface area (Å²) < 4.78 is 14.7. The molecule has 1 aliphatic heterocycles. The van der Waals surface area contributed by atoms with Crippen LogP contribution in [0.5, 0.6) is 5.75 Å². The molecule has 2 aromatic heterocycles. The van der Waals surface area contributed by atoms with Crippen LogP contribution in [0.25, 0.3) is 22.3 Å². The van der Waals surface area contributed by atoms with Gasteiger partial charge in [0.1, 0.15) is 16.8 Å². The molecule has 39 heavy (non-hydrogen) atoms. The van der Waals surface area contributed by atoms with Crippen LogP contribution in [0.1, 0.15) is 83.0 Å². The van der Waals surface area contributed by atoms with E-state index in [1.54, 1.807) is 0 Å². The number of carbonyl (C=O) groups excluding carboxylic acids is 1. The zero-order valence-corrected chi connectivity index (χ0v) is 23.6. The van der Waals surface area contributed by atoms with Crippen molar-refractivity contribution in [2.45, 2.75) is 85.7 Å². The normalized spacial score (nSPS) is 11.9. The molecule has 212 valence electrons. The number of hydrogen-bond donors (Lipinski definition) is 1. The Hall–Kier alpha value is -3.62. The predicted octanol–water partition coefficient (Wildman–Crippen LogP) is 5.91. The molecule has 0 saturated heterocycles. The summed E-state index contributed by atoms with van der Waals surface area (Å²) in [5.74, 6) is 0.202. The third kappa shape index (κ3) is 8.18. The molecule has 0 bridgehead atoms. The zero-order valence-electron chi connectivity index (χ0n) is 23.6. The summed E-state index contributed by atoms with van der Waals surface area (Å²) in [5.41, 5.74) is 1.46. The molecule has 0 fully saturated rings. The number of ether oxygens (including phenoxy) is 2. The number of carboxylic acid groups (broad SMARTS) is 1. The van der Waals surface area contributed by atoms with Crippen molar-refractivity contribution >= 4 is 22.8 Å². The average molecular weight is 540 g/mol. The molecule has 0 amide bonds. The number of esters is 1. The highest BCUT2D eigenvalue weighted by Gasteiger charge is 2.24. The van der Waals surface area contributed by atoms with Gasteiger partial charge in [-0.05, 0) is 31.7 Å². The summed E-state index contributed by atoms with van der Waals surface area (Å²) in [6.07, 6.45) is 7.97. The fraction of sp³-hybridized carbons (Fsp3) is 0.533. The first-order valence-electron chi connectivity index (χ1n) is 14.0. The van der Waals surface area contributed by atoms with Crippen molar-refractivity contribution in [2.75, 3.05) is 13.2 Å². The number of rotatable bonds is 12. The molecule has 0 radical (unpaired) electrons. The van der Waals surface area contributed by atoms with Crippen molar-refractivity contribution in [1.82, 2.24) is 14.3 Å². The van der Waals surface area contributed by atoms with Gasteiger partial charge in [0.15, 0.2) is 5.43 Å². The maximum atomic E-state index is 12.3. The highest BCUT2D eigenvalue weighted by atomic mass is 16.5. The number of pyridine rings is 1. The Kier molecular flexibility index (Phi) is 11.1. The third-order valence-electron chi connectivity index (χ3n) is 6.22. The van der Waals surface area contributed by atoms with Crippen LogP contribution in [-0.2, 0) is 22.6 Å². The molecule has 4 rings (SSSR count). The van der Waals surface area contributed by atoms with Crippen molar-refractivity contribution in [2.24, 2.45) is 5.92 Å². The van der Waals surface area contributed by atoms with Crippen LogP contribution in [0, 0.1) is 5.92 Å². The molecule has 0 aliphatic carbocycles.